The predicted octanol–water partition coefficient (Wildman–Crippen LogP) is 2.14. The van der Waals surface area contributed by atoms with Gasteiger partial charge >= 0.3 is 0 Å². The summed E-state index contributed by atoms with van der Waals surface area (Å²) in [7, 11) is 1.92. The second kappa shape index (κ2) is 6.57. The first-order chi connectivity index (χ1) is 7.70. The molecule has 0 atom stereocenters. The normalized spacial score (nSPS) is 10.4. The zero-order valence-electron chi connectivity index (χ0n) is 9.89. The van der Waals surface area contributed by atoms with Gasteiger partial charge in [-0.15, -0.1) is 12.3 Å². The molecule has 1 N–H and O–H groups in total. The lowest BCUT2D eigenvalue weighted by Gasteiger charge is -2.04. The predicted molar refractivity (Wildman–Crippen MR) is 67.4 cm³/mol. The summed E-state index contributed by atoms with van der Waals surface area (Å²) in [4.78, 5) is 0. The molecule has 0 aliphatic rings. The second-order valence-electron chi connectivity index (χ2n) is 3.67. The summed E-state index contributed by atoms with van der Waals surface area (Å²) < 4.78 is 1.84. The van der Waals surface area contributed by atoms with Gasteiger partial charge < -0.3 is 5.32 Å². The van der Waals surface area contributed by atoms with Crippen LogP contribution in [0.4, 0.5) is 0 Å². The van der Waals surface area contributed by atoms with E-state index in [-0.39, 0.29) is 0 Å². The molecule has 0 aromatic carbocycles. The van der Waals surface area contributed by atoms with E-state index in [0.29, 0.717) is 0 Å². The van der Waals surface area contributed by atoms with Crippen LogP contribution in [0.25, 0.3) is 0 Å². The van der Waals surface area contributed by atoms with Crippen molar-refractivity contribution in [3.63, 3.8) is 0 Å². The SMILES string of the molecule is C#CCCCNCc1c(Cl)c(CC)nn1C. The Hall–Kier alpha value is -0.980. The summed E-state index contributed by atoms with van der Waals surface area (Å²) in [6, 6.07) is 0. The summed E-state index contributed by atoms with van der Waals surface area (Å²) >= 11 is 6.21. The zero-order valence-corrected chi connectivity index (χ0v) is 10.6. The molecule has 0 bridgehead atoms. The van der Waals surface area contributed by atoms with Gasteiger partial charge in [0.15, 0.2) is 0 Å². The van der Waals surface area contributed by atoms with Gasteiger partial charge in [0.05, 0.1) is 16.4 Å². The van der Waals surface area contributed by atoms with E-state index < -0.39 is 0 Å². The van der Waals surface area contributed by atoms with Crippen molar-refractivity contribution in [1.82, 2.24) is 15.1 Å². The van der Waals surface area contributed by atoms with Crippen LogP contribution in [0.2, 0.25) is 5.02 Å². The molecule has 0 spiro atoms. The molecule has 0 unspecified atom stereocenters. The van der Waals surface area contributed by atoms with E-state index in [1.165, 1.54) is 0 Å². The highest BCUT2D eigenvalue weighted by atomic mass is 35.5. The smallest absolute Gasteiger partial charge is 0.0863 e. The first-order valence-corrected chi connectivity index (χ1v) is 5.92. The van der Waals surface area contributed by atoms with Crippen LogP contribution < -0.4 is 5.32 Å². The fraction of sp³-hybridized carbons (Fsp3) is 0.583. The van der Waals surface area contributed by atoms with Crippen molar-refractivity contribution in [2.45, 2.75) is 32.7 Å². The van der Waals surface area contributed by atoms with E-state index in [9.17, 15) is 0 Å². The molecule has 0 aliphatic carbocycles. The van der Waals surface area contributed by atoms with Crippen LogP contribution in [-0.4, -0.2) is 16.3 Å². The number of nitrogens with one attached hydrogen (secondary N) is 1. The Labute approximate surface area is 102 Å². The molecule has 0 saturated heterocycles. The summed E-state index contributed by atoms with van der Waals surface area (Å²) in [5.41, 5.74) is 2.00. The van der Waals surface area contributed by atoms with Crippen molar-refractivity contribution in [1.29, 1.82) is 0 Å². The number of halogens is 1. The first-order valence-electron chi connectivity index (χ1n) is 5.55. The highest BCUT2D eigenvalue weighted by molar-refractivity contribution is 6.31. The topological polar surface area (TPSA) is 29.9 Å². The standard InChI is InChI=1S/C12H18ClN3/c1-4-6-7-8-14-9-11-12(13)10(5-2)15-16(11)3/h1,14H,5-9H2,2-3H3. The van der Waals surface area contributed by atoms with Crippen molar-refractivity contribution in [3.8, 4) is 12.3 Å². The van der Waals surface area contributed by atoms with Gasteiger partial charge in [0, 0.05) is 20.0 Å². The van der Waals surface area contributed by atoms with E-state index in [2.05, 4.69) is 23.3 Å². The Morgan fingerprint density at radius 1 is 1.56 bits per heavy atom. The Kier molecular flexibility index (Phi) is 5.37. The molecule has 4 heteroatoms. The monoisotopic (exact) mass is 239 g/mol. The molecule has 1 aromatic rings. The van der Waals surface area contributed by atoms with Gasteiger partial charge in [-0.05, 0) is 19.4 Å². The minimum Gasteiger partial charge on any atom is -0.311 e. The lowest BCUT2D eigenvalue weighted by atomic mass is 10.3. The zero-order chi connectivity index (χ0) is 12.0. The van der Waals surface area contributed by atoms with Gasteiger partial charge in [-0.3, -0.25) is 4.68 Å². The maximum absolute atomic E-state index is 6.21. The maximum Gasteiger partial charge on any atom is 0.0863 e. The van der Waals surface area contributed by atoms with Gasteiger partial charge in [-0.1, -0.05) is 18.5 Å². The van der Waals surface area contributed by atoms with Crippen molar-refractivity contribution >= 4 is 11.6 Å². The number of hydrogen-bond acceptors (Lipinski definition) is 2. The summed E-state index contributed by atoms with van der Waals surface area (Å²) in [5, 5.41) is 8.46. The Morgan fingerprint density at radius 3 is 2.88 bits per heavy atom. The molecular formula is C12H18ClN3. The number of aryl methyl sites for hydroxylation is 2. The minimum atomic E-state index is 0.743. The van der Waals surface area contributed by atoms with Crippen LogP contribution in [0.3, 0.4) is 0 Å². The number of unbranched alkanes of at least 4 members (excludes halogenated alkanes) is 1. The summed E-state index contributed by atoms with van der Waals surface area (Å²) in [6.07, 6.45) is 7.85. The Balaban J connectivity index is 2.48. The van der Waals surface area contributed by atoms with Crippen molar-refractivity contribution in [3.05, 3.63) is 16.4 Å². The average molecular weight is 240 g/mol. The Morgan fingerprint density at radius 2 is 2.31 bits per heavy atom. The first kappa shape index (κ1) is 13.1. The van der Waals surface area contributed by atoms with Crippen molar-refractivity contribution in [2.75, 3.05) is 6.54 Å². The molecule has 0 aliphatic heterocycles. The molecule has 0 saturated carbocycles. The number of nitrogens with zero attached hydrogens (tertiary/aromatic N) is 2. The molecule has 3 nitrogen and oxygen atoms in total. The van der Waals surface area contributed by atoms with Crippen LogP contribution in [0, 0.1) is 12.3 Å². The number of rotatable bonds is 6. The quantitative estimate of drug-likeness (QED) is 0.609. The third-order valence-corrected chi connectivity index (χ3v) is 2.91. The van der Waals surface area contributed by atoms with E-state index in [1.807, 2.05) is 11.7 Å². The maximum atomic E-state index is 6.21. The van der Waals surface area contributed by atoms with Crippen molar-refractivity contribution in [2.24, 2.45) is 7.05 Å². The number of aromatic nitrogens is 2. The van der Waals surface area contributed by atoms with Crippen LogP contribution in [0.1, 0.15) is 31.2 Å². The average Bonchev–Trinajstić information content (AvgIpc) is 2.55. The molecular weight excluding hydrogens is 222 g/mol. The molecule has 0 amide bonds. The number of terminal acetylenes is 1. The van der Waals surface area contributed by atoms with Gasteiger partial charge in [0.2, 0.25) is 0 Å². The highest BCUT2D eigenvalue weighted by Crippen LogP contribution is 2.20. The molecule has 88 valence electrons. The Bertz CT molecular complexity index is 376. The van der Waals surface area contributed by atoms with Crippen LogP contribution in [0.15, 0.2) is 0 Å². The molecule has 1 rings (SSSR count). The van der Waals surface area contributed by atoms with E-state index >= 15 is 0 Å². The lowest BCUT2D eigenvalue weighted by molar-refractivity contribution is 0.610. The van der Waals surface area contributed by atoms with Gasteiger partial charge in [0.25, 0.3) is 0 Å². The third kappa shape index (κ3) is 3.26. The van der Waals surface area contributed by atoms with Crippen LogP contribution in [-0.2, 0) is 20.0 Å². The summed E-state index contributed by atoms with van der Waals surface area (Å²) in [5.74, 6) is 2.62. The largest absolute Gasteiger partial charge is 0.311 e. The molecule has 1 heterocycles. The van der Waals surface area contributed by atoms with Gasteiger partial charge in [-0.25, -0.2) is 0 Å². The van der Waals surface area contributed by atoms with Gasteiger partial charge in [-0.2, -0.15) is 5.10 Å². The molecule has 0 radical (unpaired) electrons. The lowest BCUT2D eigenvalue weighted by Crippen LogP contribution is -2.17. The number of hydrogen-bond donors (Lipinski definition) is 1. The molecule has 16 heavy (non-hydrogen) atoms. The van der Waals surface area contributed by atoms with E-state index in [1.54, 1.807) is 0 Å². The molecule has 1 aromatic heterocycles. The highest BCUT2D eigenvalue weighted by Gasteiger charge is 2.11. The van der Waals surface area contributed by atoms with Gasteiger partial charge in [0.1, 0.15) is 0 Å². The molecule has 0 fully saturated rings. The second-order valence-corrected chi connectivity index (χ2v) is 4.05. The fourth-order valence-corrected chi connectivity index (χ4v) is 1.89. The van der Waals surface area contributed by atoms with E-state index in [0.717, 1.165) is 48.8 Å². The third-order valence-electron chi connectivity index (χ3n) is 2.47. The minimum absolute atomic E-state index is 0.743. The van der Waals surface area contributed by atoms with Crippen LogP contribution in [0.5, 0.6) is 0 Å². The summed E-state index contributed by atoms with van der Waals surface area (Å²) in [6.45, 7) is 3.71. The van der Waals surface area contributed by atoms with Crippen LogP contribution >= 0.6 is 11.6 Å². The fourth-order valence-electron chi connectivity index (χ4n) is 1.53. The van der Waals surface area contributed by atoms with E-state index in [4.69, 9.17) is 18.0 Å². The van der Waals surface area contributed by atoms with Crippen molar-refractivity contribution < 1.29 is 0 Å².